The molecule has 0 aliphatic heterocycles. The monoisotopic (exact) mass is 245 g/mol. The molecule has 0 aromatic heterocycles. The third kappa shape index (κ3) is 2.80. The molecule has 0 fully saturated rings. The summed E-state index contributed by atoms with van der Waals surface area (Å²) in [5.74, 6) is -0.887. The molecule has 0 radical (unpaired) electrons. The lowest BCUT2D eigenvalue weighted by Gasteiger charge is -2.20. The van der Waals surface area contributed by atoms with E-state index in [0.717, 1.165) is 11.3 Å². The van der Waals surface area contributed by atoms with Gasteiger partial charge in [-0.05, 0) is 42.3 Å². The van der Waals surface area contributed by atoms with E-state index in [1.165, 1.54) is 17.7 Å². The van der Waals surface area contributed by atoms with Gasteiger partial charge in [-0.15, -0.1) is 0 Å². The lowest BCUT2D eigenvalue weighted by atomic mass is 10.1. The third-order valence-electron chi connectivity index (χ3n) is 2.87. The van der Waals surface area contributed by atoms with Crippen molar-refractivity contribution in [2.75, 3.05) is 11.9 Å². The van der Waals surface area contributed by atoms with Gasteiger partial charge >= 0.3 is 0 Å². The van der Waals surface area contributed by atoms with Gasteiger partial charge in [0.15, 0.2) is 11.6 Å². The zero-order valence-electron chi connectivity index (χ0n) is 10.5. The van der Waals surface area contributed by atoms with Crippen LogP contribution >= 0.6 is 0 Å². The second-order valence-corrected chi connectivity index (χ2v) is 4.48. The van der Waals surface area contributed by atoms with Crippen molar-refractivity contribution in [2.45, 2.75) is 13.5 Å². The normalized spacial score (nSPS) is 10.4. The van der Waals surface area contributed by atoms with Crippen LogP contribution in [-0.2, 0) is 6.54 Å². The Hall–Kier alpha value is -2.03. The molecule has 94 valence electrons. The highest BCUT2D eigenvalue weighted by Gasteiger charge is 2.05. The van der Waals surface area contributed by atoms with Crippen molar-refractivity contribution in [2.24, 2.45) is 0 Å². The van der Waals surface area contributed by atoms with E-state index in [2.05, 4.69) is 6.07 Å². The SMILES string of the molecule is Cc1cccc(N(C)Cc2ccc(O)c(F)c2)c1. The quantitative estimate of drug-likeness (QED) is 0.895. The molecule has 0 heterocycles. The van der Waals surface area contributed by atoms with Crippen LogP contribution in [0.4, 0.5) is 10.1 Å². The van der Waals surface area contributed by atoms with Gasteiger partial charge in [-0.2, -0.15) is 0 Å². The van der Waals surface area contributed by atoms with E-state index >= 15 is 0 Å². The number of aryl methyl sites for hydroxylation is 1. The van der Waals surface area contributed by atoms with Crippen LogP contribution in [0.25, 0.3) is 0 Å². The Morgan fingerprint density at radius 1 is 1.17 bits per heavy atom. The first kappa shape index (κ1) is 12.4. The van der Waals surface area contributed by atoms with Gasteiger partial charge in [-0.3, -0.25) is 0 Å². The maximum atomic E-state index is 13.2. The highest BCUT2D eigenvalue weighted by atomic mass is 19.1. The lowest BCUT2D eigenvalue weighted by Crippen LogP contribution is -2.16. The summed E-state index contributed by atoms with van der Waals surface area (Å²) in [4.78, 5) is 2.04. The van der Waals surface area contributed by atoms with Gasteiger partial charge in [-0.25, -0.2) is 4.39 Å². The molecule has 0 aliphatic carbocycles. The number of nitrogens with zero attached hydrogens (tertiary/aromatic N) is 1. The zero-order chi connectivity index (χ0) is 13.1. The van der Waals surface area contributed by atoms with E-state index in [9.17, 15) is 4.39 Å². The molecular formula is C15H16FNO. The van der Waals surface area contributed by atoms with Gasteiger partial charge in [0, 0.05) is 19.3 Å². The molecule has 0 spiro atoms. The first-order chi connectivity index (χ1) is 8.56. The van der Waals surface area contributed by atoms with Crippen LogP contribution in [0.15, 0.2) is 42.5 Å². The molecule has 0 atom stereocenters. The Morgan fingerprint density at radius 2 is 1.94 bits per heavy atom. The fourth-order valence-corrected chi connectivity index (χ4v) is 1.88. The van der Waals surface area contributed by atoms with Crippen LogP contribution in [0.5, 0.6) is 5.75 Å². The number of phenols is 1. The van der Waals surface area contributed by atoms with Crippen LogP contribution in [0.3, 0.4) is 0 Å². The summed E-state index contributed by atoms with van der Waals surface area (Å²) in [6, 6.07) is 12.6. The van der Waals surface area contributed by atoms with E-state index in [4.69, 9.17) is 5.11 Å². The molecule has 0 amide bonds. The van der Waals surface area contributed by atoms with Crippen molar-refractivity contribution in [1.82, 2.24) is 0 Å². The number of hydrogen-bond acceptors (Lipinski definition) is 2. The molecule has 3 heteroatoms. The summed E-state index contributed by atoms with van der Waals surface area (Å²) in [5.41, 5.74) is 3.11. The minimum absolute atomic E-state index is 0.308. The van der Waals surface area contributed by atoms with Gasteiger partial charge < -0.3 is 10.0 Å². The van der Waals surface area contributed by atoms with Gasteiger partial charge in [0.1, 0.15) is 0 Å². The number of halogens is 1. The average Bonchev–Trinajstić information content (AvgIpc) is 2.34. The second-order valence-electron chi connectivity index (χ2n) is 4.48. The average molecular weight is 245 g/mol. The lowest BCUT2D eigenvalue weighted by molar-refractivity contribution is 0.432. The van der Waals surface area contributed by atoms with Gasteiger partial charge in [-0.1, -0.05) is 18.2 Å². The van der Waals surface area contributed by atoms with Crippen molar-refractivity contribution >= 4 is 5.69 Å². The molecule has 0 saturated carbocycles. The van der Waals surface area contributed by atoms with Gasteiger partial charge in [0.2, 0.25) is 0 Å². The molecule has 2 nitrogen and oxygen atoms in total. The predicted octanol–water partition coefficient (Wildman–Crippen LogP) is 3.48. The molecule has 2 aromatic rings. The summed E-state index contributed by atoms with van der Waals surface area (Å²) >= 11 is 0. The van der Waals surface area contributed by atoms with Crippen LogP contribution in [0.2, 0.25) is 0 Å². The maximum absolute atomic E-state index is 13.2. The van der Waals surface area contributed by atoms with Crippen LogP contribution in [-0.4, -0.2) is 12.2 Å². The number of benzene rings is 2. The van der Waals surface area contributed by atoms with E-state index in [-0.39, 0.29) is 5.75 Å². The molecule has 0 aliphatic rings. The van der Waals surface area contributed by atoms with E-state index in [1.807, 2.05) is 37.1 Å². The molecule has 0 bridgehead atoms. The molecule has 18 heavy (non-hydrogen) atoms. The van der Waals surface area contributed by atoms with E-state index < -0.39 is 5.82 Å². The van der Waals surface area contributed by atoms with E-state index in [0.29, 0.717) is 6.54 Å². The van der Waals surface area contributed by atoms with Crippen molar-refractivity contribution in [3.05, 3.63) is 59.4 Å². The van der Waals surface area contributed by atoms with Crippen molar-refractivity contribution in [3.63, 3.8) is 0 Å². The van der Waals surface area contributed by atoms with Crippen molar-refractivity contribution in [3.8, 4) is 5.75 Å². The Bertz CT molecular complexity index is 554. The van der Waals surface area contributed by atoms with Crippen molar-refractivity contribution < 1.29 is 9.50 Å². The molecular weight excluding hydrogens is 229 g/mol. The number of anilines is 1. The standard InChI is InChI=1S/C15H16FNO/c1-11-4-3-5-13(8-11)17(2)10-12-6-7-15(18)14(16)9-12/h3-9,18H,10H2,1-2H3. The largest absolute Gasteiger partial charge is 0.505 e. The number of phenolic OH excluding ortho intramolecular Hbond substituents is 1. The van der Waals surface area contributed by atoms with Gasteiger partial charge in [0.05, 0.1) is 0 Å². The summed E-state index contributed by atoms with van der Waals surface area (Å²) in [6.45, 7) is 2.64. The van der Waals surface area contributed by atoms with Gasteiger partial charge in [0.25, 0.3) is 0 Å². The molecule has 2 aromatic carbocycles. The van der Waals surface area contributed by atoms with Crippen LogP contribution in [0, 0.1) is 12.7 Å². The van der Waals surface area contributed by atoms with E-state index in [1.54, 1.807) is 6.07 Å². The van der Waals surface area contributed by atoms with Crippen molar-refractivity contribution in [1.29, 1.82) is 0 Å². The topological polar surface area (TPSA) is 23.5 Å². The smallest absolute Gasteiger partial charge is 0.165 e. The summed E-state index contributed by atoms with van der Waals surface area (Å²) in [6.07, 6.45) is 0. The minimum atomic E-state index is -0.579. The fraction of sp³-hybridized carbons (Fsp3) is 0.200. The summed E-state index contributed by atoms with van der Waals surface area (Å²) in [5, 5.41) is 9.14. The molecule has 1 N–H and O–H groups in total. The number of aromatic hydroxyl groups is 1. The predicted molar refractivity (Wildman–Crippen MR) is 71.4 cm³/mol. The summed E-state index contributed by atoms with van der Waals surface area (Å²) < 4.78 is 13.2. The van der Waals surface area contributed by atoms with Crippen LogP contribution < -0.4 is 4.90 Å². The fourth-order valence-electron chi connectivity index (χ4n) is 1.88. The van der Waals surface area contributed by atoms with Crippen LogP contribution in [0.1, 0.15) is 11.1 Å². The molecule has 0 unspecified atom stereocenters. The highest BCUT2D eigenvalue weighted by molar-refractivity contribution is 5.48. The zero-order valence-corrected chi connectivity index (χ0v) is 10.5. The molecule has 2 rings (SSSR count). The Balaban J connectivity index is 2.16. The maximum Gasteiger partial charge on any atom is 0.165 e. The number of rotatable bonds is 3. The minimum Gasteiger partial charge on any atom is -0.505 e. The Labute approximate surface area is 106 Å². The number of hydrogen-bond donors (Lipinski definition) is 1. The second kappa shape index (κ2) is 5.08. The Kier molecular flexibility index (Phi) is 3.51. The third-order valence-corrected chi connectivity index (χ3v) is 2.87. The first-order valence-electron chi connectivity index (χ1n) is 5.81. The first-order valence-corrected chi connectivity index (χ1v) is 5.81. The molecule has 0 saturated heterocycles. The highest BCUT2D eigenvalue weighted by Crippen LogP contribution is 2.20. The summed E-state index contributed by atoms with van der Waals surface area (Å²) in [7, 11) is 1.96. The Morgan fingerprint density at radius 3 is 2.61 bits per heavy atom.